The summed E-state index contributed by atoms with van der Waals surface area (Å²) in [6.45, 7) is 18.4. The van der Waals surface area contributed by atoms with Crippen molar-refractivity contribution in [1.82, 2.24) is 34.5 Å². The standard InChI is InChI=1S/C8H9NO3S.C8H9NO2S2.C8H9NOS3.C7H7NO3S2.C6H7NO2S.C6H7NOS2.C6H7NS3/c3*1-3-6-7(11)9(4-5(2)10)8(12)13-6;1-3-5-6(10)8(7(12)13-5)11-4(2)9;3*1-3-4-5(8)7(2)6(9)10-4/h3*3H,4H2,1-2H3;3H,1-2H3;3*3H,1-2H3/b2*6-3+;6-3-;5-3+;3*4-3-. The third-order valence-electron chi connectivity index (χ3n) is 9.54. The summed E-state index contributed by atoms with van der Waals surface area (Å²) in [5.74, 6) is -1.84. The van der Waals surface area contributed by atoms with Crippen molar-refractivity contribution in [2.45, 2.75) is 76.2 Å². The molecule has 7 rings (SSSR count). The molecule has 33 heteroatoms. The average molecular weight is 1380 g/mol. The second kappa shape index (κ2) is 36.8. The molecule has 7 aliphatic heterocycles. The van der Waals surface area contributed by atoms with E-state index < -0.39 is 5.97 Å². The number of carbonyl (C=O) groups is 11. The van der Waals surface area contributed by atoms with Crippen molar-refractivity contribution in [3.8, 4) is 0 Å². The molecule has 7 saturated heterocycles. The van der Waals surface area contributed by atoms with Crippen LogP contribution in [0.5, 0.6) is 0 Å². The predicted octanol–water partition coefficient (Wildman–Crippen LogP) is 10.7. The van der Waals surface area contributed by atoms with Crippen molar-refractivity contribution in [2.75, 3.05) is 40.8 Å². The van der Waals surface area contributed by atoms with Crippen LogP contribution in [0.25, 0.3) is 0 Å². The molecule has 19 nitrogen and oxygen atoms in total. The van der Waals surface area contributed by atoms with Crippen molar-refractivity contribution >= 4 is 263 Å². The summed E-state index contributed by atoms with van der Waals surface area (Å²) in [5, 5.41) is 0.268. The van der Waals surface area contributed by atoms with Crippen LogP contribution >= 0.6 is 168 Å². The number of carbonyl (C=O) groups excluding carboxylic acids is 11. The van der Waals surface area contributed by atoms with Gasteiger partial charge >= 0.3 is 5.97 Å². The Morgan fingerprint density at radius 1 is 0.366 bits per heavy atom. The van der Waals surface area contributed by atoms with E-state index in [0.717, 1.165) is 74.2 Å². The number of hydrogen-bond donors (Lipinski definition) is 0. The van der Waals surface area contributed by atoms with E-state index in [1.807, 2.05) is 44.9 Å². The minimum Gasteiger partial charge on any atom is -0.332 e. The molecule has 7 amide bonds. The highest BCUT2D eigenvalue weighted by molar-refractivity contribution is 8.28. The number of hydrogen-bond acceptors (Lipinski definition) is 26. The molecule has 0 N–H and O–H groups in total. The SMILES string of the molecule is C/C=C1/SC(=O)N(CC(C)=O)C1=O.C/C=C1/SC(=S)N(CC(C)=O)C1=O.C/C=C1/SC(=S)N(OC(C)=O)C1=O.C/C=C1\SC(=O)N(C)C1=O.C/C=C1\SC(=S)N(C)C1=O.C/C=C1\SC(=S)N(C)C1=S.C/C=C1\SC(=S)N(CC(C)=O)C1=S. The molecular formula is C49H55N7O12S14. The second-order valence-corrected chi connectivity index (χ2v) is 26.8. The molecule has 0 radical (unpaired) electrons. The monoisotopic (exact) mass is 1380 g/mol. The van der Waals surface area contributed by atoms with Crippen LogP contribution in [0.4, 0.5) is 9.59 Å². The van der Waals surface area contributed by atoms with Crippen LogP contribution in [0.2, 0.25) is 0 Å². The van der Waals surface area contributed by atoms with Crippen molar-refractivity contribution < 1.29 is 57.6 Å². The number of rotatable bonds is 7. The zero-order valence-corrected chi connectivity index (χ0v) is 57.8. The zero-order chi connectivity index (χ0) is 63.2. The van der Waals surface area contributed by atoms with Crippen molar-refractivity contribution in [2.24, 2.45) is 0 Å². The maximum absolute atomic E-state index is 11.5. The van der Waals surface area contributed by atoms with Crippen molar-refractivity contribution in [3.05, 3.63) is 76.9 Å². The largest absolute Gasteiger partial charge is 0.332 e. The molecule has 0 aromatic rings. The van der Waals surface area contributed by atoms with Crippen LogP contribution in [0.3, 0.4) is 0 Å². The van der Waals surface area contributed by atoms with E-state index in [1.54, 1.807) is 81.8 Å². The third-order valence-corrected chi connectivity index (χ3v) is 20.5. The first-order valence-electron chi connectivity index (χ1n) is 23.2. The van der Waals surface area contributed by atoms with E-state index in [2.05, 4.69) is 4.84 Å². The van der Waals surface area contributed by atoms with E-state index in [4.69, 9.17) is 85.5 Å². The lowest BCUT2D eigenvalue weighted by Crippen LogP contribution is -2.32. The van der Waals surface area contributed by atoms with Crippen LogP contribution in [-0.4, -0.2) is 170 Å². The van der Waals surface area contributed by atoms with Gasteiger partial charge in [-0.2, -0.15) is 0 Å². The van der Waals surface area contributed by atoms with Crippen LogP contribution in [-0.2, 0) is 48.0 Å². The number of imide groups is 2. The molecule has 0 aliphatic carbocycles. The van der Waals surface area contributed by atoms with E-state index in [-0.39, 0.29) is 74.8 Å². The highest BCUT2D eigenvalue weighted by Crippen LogP contribution is 2.35. The maximum atomic E-state index is 11.5. The Kier molecular flexibility index (Phi) is 34.1. The highest BCUT2D eigenvalue weighted by atomic mass is 32.2. The summed E-state index contributed by atoms with van der Waals surface area (Å²) >= 11 is 43.6. The number of thiocarbonyl (C=S) groups is 7. The Balaban J connectivity index is 0.000000480. The topological polar surface area (TPSA) is 220 Å². The quantitative estimate of drug-likeness (QED) is 0.171. The molecule has 7 fully saturated rings. The molecule has 0 atom stereocenters. The lowest BCUT2D eigenvalue weighted by atomic mass is 10.4. The minimum atomic E-state index is -0.561. The van der Waals surface area contributed by atoms with Gasteiger partial charge in [-0.25, -0.2) is 4.79 Å². The Bertz CT molecular complexity index is 2640. The molecule has 0 aromatic heterocycles. The van der Waals surface area contributed by atoms with Gasteiger partial charge in [0.2, 0.25) is 0 Å². The van der Waals surface area contributed by atoms with E-state index in [0.29, 0.717) is 44.1 Å². The average Bonchev–Trinajstić information content (AvgIpc) is 4.23. The van der Waals surface area contributed by atoms with Gasteiger partial charge in [-0.05, 0) is 105 Å². The molecule has 0 aromatic carbocycles. The normalized spacial score (nSPS) is 21.1. The lowest BCUT2D eigenvalue weighted by molar-refractivity contribution is -0.176. The Hall–Kier alpha value is -3.97. The fourth-order valence-electron chi connectivity index (χ4n) is 5.51. The minimum absolute atomic E-state index is 0.0116. The van der Waals surface area contributed by atoms with E-state index >= 15 is 0 Å². The number of ketones is 3. The molecule has 0 spiro atoms. The number of thioether (sulfide) groups is 7. The first kappa shape index (κ1) is 76.0. The van der Waals surface area contributed by atoms with Gasteiger partial charge in [-0.15, -0.1) is 5.06 Å². The van der Waals surface area contributed by atoms with E-state index in [1.165, 1.54) is 79.8 Å². The number of nitrogens with zero attached hydrogens (tertiary/aromatic N) is 7. The Labute approximate surface area is 543 Å². The maximum Gasteiger partial charge on any atom is 0.330 e. The summed E-state index contributed by atoms with van der Waals surface area (Å²) in [6.07, 6.45) is 12.2. The van der Waals surface area contributed by atoms with Crippen LogP contribution in [0.15, 0.2) is 76.9 Å². The van der Waals surface area contributed by atoms with Gasteiger partial charge in [0.15, 0.2) is 4.32 Å². The fraction of sp³-hybridized carbons (Fsp3) is 0.347. The molecule has 0 unspecified atom stereocenters. The predicted molar refractivity (Wildman–Crippen MR) is 363 cm³/mol. The number of hydroxylamine groups is 2. The molecular weight excluding hydrogens is 1330 g/mol. The van der Waals surface area contributed by atoms with Gasteiger partial charge in [-0.1, -0.05) is 175 Å². The first-order valence-corrected chi connectivity index (χ1v) is 31.8. The number of amides is 7. The Morgan fingerprint density at radius 2 is 0.683 bits per heavy atom. The highest BCUT2D eigenvalue weighted by Gasteiger charge is 2.37. The molecule has 7 heterocycles. The first-order chi connectivity index (χ1) is 38.2. The molecule has 0 bridgehead atoms. The zero-order valence-electron chi connectivity index (χ0n) is 46.4. The van der Waals surface area contributed by atoms with Gasteiger partial charge in [0.05, 0.1) is 44.2 Å². The van der Waals surface area contributed by atoms with Crippen LogP contribution in [0, 0.1) is 0 Å². The molecule has 442 valence electrons. The van der Waals surface area contributed by atoms with Crippen molar-refractivity contribution in [3.63, 3.8) is 0 Å². The Morgan fingerprint density at radius 3 is 1.00 bits per heavy atom. The number of Topliss-reactive ketones (excluding diaryl/α,β-unsaturated/α-hetero) is 3. The van der Waals surface area contributed by atoms with Gasteiger partial charge in [0.1, 0.15) is 44.6 Å². The summed E-state index contributed by atoms with van der Waals surface area (Å²) in [5.41, 5.74) is 0. The smallest absolute Gasteiger partial charge is 0.330 e. The van der Waals surface area contributed by atoms with Gasteiger partial charge < -0.3 is 14.6 Å². The van der Waals surface area contributed by atoms with Gasteiger partial charge in [0, 0.05) is 37.9 Å². The lowest BCUT2D eigenvalue weighted by Gasteiger charge is -2.13. The molecule has 82 heavy (non-hydrogen) atoms. The number of likely N-dealkylation sites (N-methyl/N-ethyl adjacent to an activating group) is 3. The van der Waals surface area contributed by atoms with Crippen molar-refractivity contribution in [1.29, 1.82) is 0 Å². The van der Waals surface area contributed by atoms with Crippen LogP contribution < -0.4 is 0 Å². The van der Waals surface area contributed by atoms with E-state index in [9.17, 15) is 52.7 Å². The summed E-state index contributed by atoms with van der Waals surface area (Å²) in [6, 6.07) is 0. The molecule has 0 saturated carbocycles. The molecule has 7 aliphatic rings. The number of allylic oxidation sites excluding steroid dienone is 7. The second-order valence-electron chi connectivity index (χ2n) is 15.7. The fourth-order valence-corrected chi connectivity index (χ4v) is 13.7. The summed E-state index contributed by atoms with van der Waals surface area (Å²) in [7, 11) is 5.07. The summed E-state index contributed by atoms with van der Waals surface area (Å²) in [4.78, 5) is 141. The third kappa shape index (κ3) is 22.5. The summed E-state index contributed by atoms with van der Waals surface area (Å²) < 4.78 is 2.87. The van der Waals surface area contributed by atoms with Gasteiger partial charge in [0.25, 0.3) is 40.0 Å². The van der Waals surface area contributed by atoms with Crippen LogP contribution in [0.1, 0.15) is 76.2 Å². The van der Waals surface area contributed by atoms with Gasteiger partial charge in [-0.3, -0.25) is 67.5 Å².